The van der Waals surface area contributed by atoms with E-state index in [1.165, 1.54) is 0 Å². The highest BCUT2D eigenvalue weighted by Gasteiger charge is 2.27. The predicted molar refractivity (Wildman–Crippen MR) is 150 cm³/mol. The van der Waals surface area contributed by atoms with Gasteiger partial charge in [0.05, 0.1) is 28.4 Å². The van der Waals surface area contributed by atoms with Crippen LogP contribution in [0, 0.1) is 0 Å². The SMILES string of the molecule is CCN1CCN(C(=O)c2cc(OC)cc(OC)c2)CCC2=C[C@H](C)c3c(cc(OC)cc3OC)CN2COC1. The van der Waals surface area contributed by atoms with E-state index in [1.54, 1.807) is 46.6 Å². The van der Waals surface area contributed by atoms with Crippen molar-refractivity contribution in [2.45, 2.75) is 32.7 Å². The summed E-state index contributed by atoms with van der Waals surface area (Å²) in [4.78, 5) is 20.2. The highest BCUT2D eigenvalue weighted by atomic mass is 16.5. The molecule has 1 saturated heterocycles. The van der Waals surface area contributed by atoms with Gasteiger partial charge in [-0.2, -0.15) is 0 Å². The number of carbonyl (C=O) groups excluding carboxylic acids is 1. The van der Waals surface area contributed by atoms with E-state index in [0.717, 1.165) is 41.4 Å². The van der Waals surface area contributed by atoms with Crippen molar-refractivity contribution in [3.8, 4) is 23.0 Å². The molecular weight excluding hydrogens is 498 g/mol. The van der Waals surface area contributed by atoms with Crippen molar-refractivity contribution in [3.63, 3.8) is 0 Å². The topological polar surface area (TPSA) is 72.9 Å². The number of benzene rings is 2. The highest BCUT2D eigenvalue weighted by molar-refractivity contribution is 5.95. The summed E-state index contributed by atoms with van der Waals surface area (Å²) >= 11 is 0. The lowest BCUT2D eigenvalue weighted by atomic mass is 9.94. The Kier molecular flexibility index (Phi) is 9.59. The Balaban J connectivity index is 1.67. The maximum Gasteiger partial charge on any atom is 0.254 e. The molecule has 0 radical (unpaired) electrons. The molecule has 0 N–H and O–H groups in total. The molecule has 0 saturated carbocycles. The molecule has 212 valence electrons. The molecule has 4 rings (SSSR count). The van der Waals surface area contributed by atoms with Gasteiger partial charge < -0.3 is 33.5 Å². The Morgan fingerprint density at radius 1 is 0.897 bits per heavy atom. The molecule has 9 heteroatoms. The maximum atomic E-state index is 13.8. The minimum atomic E-state index is -0.0491. The zero-order valence-electron chi connectivity index (χ0n) is 24.0. The molecular formula is C30H41N3O6. The van der Waals surface area contributed by atoms with Crippen LogP contribution in [0.1, 0.15) is 47.7 Å². The van der Waals surface area contributed by atoms with Gasteiger partial charge in [0.25, 0.3) is 5.91 Å². The lowest BCUT2D eigenvalue weighted by molar-refractivity contribution is -0.0203. The Hall–Kier alpha value is -3.43. The molecule has 1 amide bonds. The minimum Gasteiger partial charge on any atom is -0.497 e. The van der Waals surface area contributed by atoms with Crippen molar-refractivity contribution in [1.82, 2.24) is 14.7 Å². The molecule has 9 nitrogen and oxygen atoms in total. The summed E-state index contributed by atoms with van der Waals surface area (Å²) in [6.45, 7) is 8.59. The van der Waals surface area contributed by atoms with Crippen molar-refractivity contribution in [1.29, 1.82) is 0 Å². The fourth-order valence-corrected chi connectivity index (χ4v) is 5.28. The summed E-state index contributed by atoms with van der Waals surface area (Å²) in [7, 11) is 6.54. The van der Waals surface area contributed by atoms with Gasteiger partial charge in [-0.1, -0.05) is 19.9 Å². The Morgan fingerprint density at radius 2 is 1.59 bits per heavy atom. The Bertz CT molecular complexity index is 1160. The van der Waals surface area contributed by atoms with Gasteiger partial charge in [-0.15, -0.1) is 0 Å². The lowest BCUT2D eigenvalue weighted by Gasteiger charge is -2.28. The van der Waals surface area contributed by atoms with Crippen LogP contribution in [-0.4, -0.2) is 88.7 Å². The molecule has 0 unspecified atom stereocenters. The maximum absolute atomic E-state index is 13.8. The molecule has 0 spiro atoms. The van der Waals surface area contributed by atoms with Crippen LogP contribution in [0.25, 0.3) is 0 Å². The zero-order chi connectivity index (χ0) is 27.9. The number of nitrogens with zero attached hydrogens (tertiary/aromatic N) is 3. The number of carbonyl (C=O) groups is 1. The number of likely N-dealkylation sites (N-methyl/N-ethyl adjacent to an activating group) is 1. The average molecular weight is 540 g/mol. The van der Waals surface area contributed by atoms with E-state index in [2.05, 4.69) is 35.8 Å². The number of amides is 1. The van der Waals surface area contributed by atoms with Crippen LogP contribution in [0.2, 0.25) is 0 Å². The van der Waals surface area contributed by atoms with Gasteiger partial charge in [-0.05, 0) is 30.3 Å². The largest absolute Gasteiger partial charge is 0.497 e. The first-order valence-electron chi connectivity index (χ1n) is 13.4. The fourth-order valence-electron chi connectivity index (χ4n) is 5.28. The minimum absolute atomic E-state index is 0.0491. The Labute approximate surface area is 231 Å². The van der Waals surface area contributed by atoms with E-state index in [-0.39, 0.29) is 11.8 Å². The number of hydrogen-bond acceptors (Lipinski definition) is 8. The van der Waals surface area contributed by atoms with Crippen molar-refractivity contribution in [2.24, 2.45) is 0 Å². The van der Waals surface area contributed by atoms with Crippen molar-refractivity contribution in [3.05, 3.63) is 58.8 Å². The summed E-state index contributed by atoms with van der Waals surface area (Å²) in [6.07, 6.45) is 2.97. The molecule has 2 heterocycles. The van der Waals surface area contributed by atoms with Crippen LogP contribution in [0.4, 0.5) is 0 Å². The summed E-state index contributed by atoms with van der Waals surface area (Å²) in [5.74, 6) is 2.83. The molecule has 1 fully saturated rings. The number of methoxy groups -OCH3 is 4. The van der Waals surface area contributed by atoms with Crippen LogP contribution in [0.15, 0.2) is 42.1 Å². The van der Waals surface area contributed by atoms with Crippen molar-refractivity contribution in [2.75, 3.05) is 68.1 Å². The van der Waals surface area contributed by atoms with Gasteiger partial charge in [-0.3, -0.25) is 9.69 Å². The van der Waals surface area contributed by atoms with E-state index < -0.39 is 0 Å². The van der Waals surface area contributed by atoms with Crippen LogP contribution in [0.3, 0.4) is 0 Å². The molecule has 2 aliphatic rings. The van der Waals surface area contributed by atoms with Crippen LogP contribution >= 0.6 is 0 Å². The number of fused-ring (bicyclic) bond motifs is 2. The van der Waals surface area contributed by atoms with Crippen LogP contribution < -0.4 is 18.9 Å². The van der Waals surface area contributed by atoms with Crippen molar-refractivity contribution >= 4 is 5.91 Å². The smallest absolute Gasteiger partial charge is 0.254 e. The first-order valence-corrected chi connectivity index (χ1v) is 13.4. The second kappa shape index (κ2) is 13.1. The van der Waals surface area contributed by atoms with E-state index >= 15 is 0 Å². The van der Waals surface area contributed by atoms with Crippen molar-refractivity contribution < 1.29 is 28.5 Å². The third-order valence-corrected chi connectivity index (χ3v) is 7.50. The second-order valence-electron chi connectivity index (χ2n) is 9.86. The molecule has 2 aromatic rings. The quantitative estimate of drug-likeness (QED) is 0.538. The van der Waals surface area contributed by atoms with Crippen LogP contribution in [-0.2, 0) is 11.3 Å². The predicted octanol–water partition coefficient (Wildman–Crippen LogP) is 4.32. The monoisotopic (exact) mass is 539 g/mol. The summed E-state index contributed by atoms with van der Waals surface area (Å²) in [6, 6.07) is 9.34. The van der Waals surface area contributed by atoms with Gasteiger partial charge >= 0.3 is 0 Å². The van der Waals surface area contributed by atoms with E-state index in [9.17, 15) is 4.79 Å². The molecule has 0 aromatic heterocycles. The number of rotatable bonds is 6. The molecule has 0 bridgehead atoms. The summed E-state index contributed by atoms with van der Waals surface area (Å²) < 4.78 is 28.4. The van der Waals surface area contributed by atoms with Gasteiger partial charge in [0.2, 0.25) is 0 Å². The average Bonchev–Trinajstić information content (AvgIpc) is 3.11. The van der Waals surface area contributed by atoms with E-state index in [1.807, 2.05) is 11.0 Å². The normalized spacial score (nSPS) is 18.6. The standard InChI is InChI=1S/C30H41N3O6/c1-7-31-10-11-32(30(34)22-13-25(35-3)16-26(14-22)36-4)9-8-24-12-21(2)29-23(18-33(24)20-39-19-31)15-27(37-5)17-28(29)38-6/h12-17,21H,7-11,18-20H2,1-6H3/t21-/m0/s1. The van der Waals surface area contributed by atoms with E-state index in [4.69, 9.17) is 23.7 Å². The summed E-state index contributed by atoms with van der Waals surface area (Å²) in [5, 5.41) is 0. The zero-order valence-corrected chi connectivity index (χ0v) is 24.0. The fraction of sp³-hybridized carbons (Fsp3) is 0.500. The first-order chi connectivity index (χ1) is 18.9. The molecule has 39 heavy (non-hydrogen) atoms. The first kappa shape index (κ1) is 28.6. The van der Waals surface area contributed by atoms with Crippen LogP contribution in [0.5, 0.6) is 23.0 Å². The van der Waals surface area contributed by atoms with E-state index in [0.29, 0.717) is 56.6 Å². The molecule has 1 atom stereocenters. The molecule has 2 aromatic carbocycles. The number of ether oxygens (including phenoxy) is 5. The summed E-state index contributed by atoms with van der Waals surface area (Å²) in [5.41, 5.74) is 3.99. The van der Waals surface area contributed by atoms with Gasteiger partial charge in [0.15, 0.2) is 0 Å². The number of allylic oxidation sites excluding steroid dienone is 1. The highest BCUT2D eigenvalue weighted by Crippen LogP contribution is 2.39. The second-order valence-corrected chi connectivity index (χ2v) is 9.86. The molecule has 2 aliphatic heterocycles. The lowest BCUT2D eigenvalue weighted by Crippen LogP contribution is -2.39. The third-order valence-electron chi connectivity index (χ3n) is 7.50. The van der Waals surface area contributed by atoms with Gasteiger partial charge in [0, 0.05) is 67.5 Å². The number of hydrogen-bond donors (Lipinski definition) is 0. The third kappa shape index (κ3) is 6.59. The Morgan fingerprint density at radius 3 is 2.23 bits per heavy atom. The van der Waals surface area contributed by atoms with Gasteiger partial charge in [-0.25, -0.2) is 0 Å². The molecule has 0 aliphatic carbocycles. The van der Waals surface area contributed by atoms with Gasteiger partial charge in [0.1, 0.15) is 36.5 Å².